The highest BCUT2D eigenvalue weighted by Gasteiger charge is 2.24. The largest absolute Gasteiger partial charge is 0.356 e. The highest BCUT2D eigenvalue weighted by molar-refractivity contribution is 14.0. The van der Waals surface area contributed by atoms with E-state index < -0.39 is 4.92 Å². The summed E-state index contributed by atoms with van der Waals surface area (Å²) in [5, 5.41) is 23.9. The Morgan fingerprint density at radius 3 is 2.93 bits per heavy atom. The number of rotatable bonds is 6. The van der Waals surface area contributed by atoms with Gasteiger partial charge in [0.05, 0.1) is 11.5 Å². The third-order valence-electron chi connectivity index (χ3n) is 4.31. The van der Waals surface area contributed by atoms with Gasteiger partial charge in [-0.15, -0.1) is 24.0 Å². The molecule has 3 N–H and O–H groups in total. The lowest BCUT2D eigenvalue weighted by atomic mass is 9.90. The van der Waals surface area contributed by atoms with Gasteiger partial charge in [0.2, 0.25) is 5.91 Å². The number of guanidine groups is 1. The Balaban J connectivity index is 0.00000280. The zero-order chi connectivity index (χ0) is 19.2. The number of carbonyl (C=O) groups excluding carboxylic acids is 1. The molecule has 0 bridgehead atoms. The Morgan fingerprint density at radius 2 is 2.21 bits per heavy atom. The second-order valence-electron chi connectivity index (χ2n) is 6.14. The molecule has 1 unspecified atom stereocenters. The van der Waals surface area contributed by atoms with Crippen LogP contribution in [0.2, 0.25) is 0 Å². The maximum atomic E-state index is 11.9. The molecule has 150 valence electrons. The van der Waals surface area contributed by atoms with Crippen LogP contribution in [0.1, 0.15) is 17.9 Å². The molecule has 0 aliphatic carbocycles. The Bertz CT molecular complexity index is 868. The summed E-state index contributed by atoms with van der Waals surface area (Å²) in [5.74, 6) is 0.658. The number of halogens is 1. The molecule has 3 rings (SSSR count). The van der Waals surface area contributed by atoms with Gasteiger partial charge in [0, 0.05) is 38.2 Å². The van der Waals surface area contributed by atoms with Crippen molar-refractivity contribution in [1.82, 2.24) is 20.4 Å². The molecule has 0 saturated carbocycles. The molecule has 1 aromatic heterocycles. The number of fused-ring (bicyclic) bond motifs is 1. The minimum absolute atomic E-state index is 0. The van der Waals surface area contributed by atoms with Crippen LogP contribution in [0.25, 0.3) is 0 Å². The minimum Gasteiger partial charge on any atom is -0.356 e. The Morgan fingerprint density at radius 1 is 1.43 bits per heavy atom. The average Bonchev–Trinajstić information content (AvgIpc) is 3.13. The topological polar surface area (TPSA) is 126 Å². The molecule has 1 aliphatic heterocycles. The van der Waals surface area contributed by atoms with E-state index in [0.29, 0.717) is 32.0 Å². The first-order valence-corrected chi connectivity index (χ1v) is 8.57. The molecule has 10 nitrogen and oxygen atoms in total. The predicted molar refractivity (Wildman–Crippen MR) is 116 cm³/mol. The number of amides is 1. The lowest BCUT2D eigenvalue weighted by molar-refractivity contribution is -0.385. The molecule has 2 heterocycles. The first kappa shape index (κ1) is 21.6. The lowest BCUT2D eigenvalue weighted by Gasteiger charge is -2.26. The van der Waals surface area contributed by atoms with Crippen LogP contribution < -0.4 is 16.0 Å². The van der Waals surface area contributed by atoms with Crippen molar-refractivity contribution in [3.8, 4) is 0 Å². The fourth-order valence-electron chi connectivity index (χ4n) is 2.98. The monoisotopic (exact) mass is 499 g/mol. The van der Waals surface area contributed by atoms with E-state index in [0.717, 1.165) is 11.3 Å². The summed E-state index contributed by atoms with van der Waals surface area (Å²) in [6.07, 6.45) is 3.02. The molecule has 1 amide bonds. The summed E-state index contributed by atoms with van der Waals surface area (Å²) >= 11 is 0. The van der Waals surface area contributed by atoms with Gasteiger partial charge in [-0.25, -0.2) is 0 Å². The number of hydrogen-bond acceptors (Lipinski definition) is 5. The van der Waals surface area contributed by atoms with Crippen molar-refractivity contribution in [2.24, 2.45) is 4.99 Å². The number of aromatic nitrogens is 2. The first-order chi connectivity index (χ1) is 13.1. The molecular weight excluding hydrogens is 477 g/mol. The molecule has 11 heteroatoms. The summed E-state index contributed by atoms with van der Waals surface area (Å²) in [4.78, 5) is 26.2. The SMILES string of the molecule is CN=C(NCCn1cc([N+](=O)[O-])cn1)NCC1CC(=O)Nc2ccccc21.I. The van der Waals surface area contributed by atoms with Crippen molar-refractivity contribution < 1.29 is 9.72 Å². The maximum Gasteiger partial charge on any atom is 0.306 e. The van der Waals surface area contributed by atoms with E-state index in [9.17, 15) is 14.9 Å². The molecule has 1 atom stereocenters. The summed E-state index contributed by atoms with van der Waals surface area (Å²) in [5.41, 5.74) is 1.92. The third kappa shape index (κ3) is 5.41. The number of hydrogen-bond donors (Lipinski definition) is 3. The van der Waals surface area contributed by atoms with Crippen molar-refractivity contribution in [3.05, 3.63) is 52.3 Å². The quantitative estimate of drug-likeness (QED) is 0.183. The Labute approximate surface area is 179 Å². The van der Waals surface area contributed by atoms with Crippen LogP contribution in [0.5, 0.6) is 0 Å². The number of nitrogens with zero attached hydrogens (tertiary/aromatic N) is 4. The summed E-state index contributed by atoms with van der Waals surface area (Å²) in [6, 6.07) is 7.77. The molecule has 1 aliphatic rings. The molecule has 0 saturated heterocycles. The second kappa shape index (κ2) is 10.0. The summed E-state index contributed by atoms with van der Waals surface area (Å²) in [6.45, 7) is 1.53. The van der Waals surface area contributed by atoms with E-state index in [1.807, 2.05) is 24.3 Å². The zero-order valence-electron chi connectivity index (χ0n) is 15.3. The van der Waals surface area contributed by atoms with Crippen LogP contribution in [0.4, 0.5) is 11.4 Å². The number of benzene rings is 1. The van der Waals surface area contributed by atoms with E-state index in [2.05, 4.69) is 26.0 Å². The number of para-hydroxylation sites is 1. The van der Waals surface area contributed by atoms with E-state index >= 15 is 0 Å². The maximum absolute atomic E-state index is 11.9. The van der Waals surface area contributed by atoms with E-state index in [1.165, 1.54) is 17.1 Å². The predicted octanol–water partition coefficient (Wildman–Crippen LogP) is 1.70. The van der Waals surface area contributed by atoms with E-state index in [1.54, 1.807) is 7.05 Å². The smallest absolute Gasteiger partial charge is 0.306 e. The fraction of sp³-hybridized carbons (Fsp3) is 0.353. The van der Waals surface area contributed by atoms with Crippen LogP contribution >= 0.6 is 24.0 Å². The van der Waals surface area contributed by atoms with Crippen LogP contribution in [-0.4, -0.2) is 46.7 Å². The highest BCUT2D eigenvalue weighted by atomic mass is 127. The number of nitrogens with one attached hydrogen (secondary N) is 3. The van der Waals surface area contributed by atoms with Crippen molar-refractivity contribution in [2.75, 3.05) is 25.5 Å². The van der Waals surface area contributed by atoms with Gasteiger partial charge in [0.1, 0.15) is 12.4 Å². The molecule has 0 fully saturated rings. The van der Waals surface area contributed by atoms with Crippen molar-refractivity contribution in [2.45, 2.75) is 18.9 Å². The van der Waals surface area contributed by atoms with E-state index in [4.69, 9.17) is 0 Å². The second-order valence-corrected chi connectivity index (χ2v) is 6.14. The van der Waals surface area contributed by atoms with Crippen LogP contribution in [-0.2, 0) is 11.3 Å². The molecular formula is C17H22IN7O3. The van der Waals surface area contributed by atoms with Gasteiger partial charge in [0.15, 0.2) is 5.96 Å². The van der Waals surface area contributed by atoms with Gasteiger partial charge in [-0.2, -0.15) is 5.10 Å². The Hall–Kier alpha value is -2.70. The van der Waals surface area contributed by atoms with Gasteiger partial charge in [0.25, 0.3) is 0 Å². The highest BCUT2D eigenvalue weighted by Crippen LogP contribution is 2.31. The van der Waals surface area contributed by atoms with Crippen molar-refractivity contribution >= 4 is 47.2 Å². The first-order valence-electron chi connectivity index (χ1n) is 8.57. The van der Waals surface area contributed by atoms with Gasteiger partial charge < -0.3 is 16.0 Å². The summed E-state index contributed by atoms with van der Waals surface area (Å²) in [7, 11) is 1.66. The normalized spacial score (nSPS) is 15.8. The number of aliphatic imine (C=N–C) groups is 1. The summed E-state index contributed by atoms with van der Waals surface area (Å²) < 4.78 is 1.50. The number of anilines is 1. The minimum atomic E-state index is -0.477. The number of carbonyl (C=O) groups is 1. The van der Waals surface area contributed by atoms with Crippen molar-refractivity contribution in [3.63, 3.8) is 0 Å². The van der Waals surface area contributed by atoms with Gasteiger partial charge >= 0.3 is 5.69 Å². The van der Waals surface area contributed by atoms with Crippen molar-refractivity contribution in [1.29, 1.82) is 0 Å². The fourth-order valence-corrected chi connectivity index (χ4v) is 2.98. The third-order valence-corrected chi connectivity index (χ3v) is 4.31. The molecule has 0 radical (unpaired) electrons. The Kier molecular flexibility index (Phi) is 7.72. The van der Waals surface area contributed by atoms with Crippen LogP contribution in [0, 0.1) is 10.1 Å². The number of nitro groups is 1. The molecule has 0 spiro atoms. The zero-order valence-corrected chi connectivity index (χ0v) is 17.6. The molecule has 28 heavy (non-hydrogen) atoms. The average molecular weight is 499 g/mol. The standard InChI is InChI=1S/C17H21N7O3.HI/c1-18-17(19-6-7-23-11-13(10-21-23)24(26)27)20-9-12-8-16(25)22-15-5-3-2-4-14(12)15;/h2-5,10-12H,6-9H2,1H3,(H,22,25)(H2,18,19,20);1H. The van der Waals surface area contributed by atoms with Crippen LogP contribution in [0.3, 0.4) is 0 Å². The van der Waals surface area contributed by atoms with Crippen LogP contribution in [0.15, 0.2) is 41.7 Å². The van der Waals surface area contributed by atoms with Gasteiger partial charge in [-0.3, -0.25) is 24.6 Å². The molecule has 2 aromatic rings. The van der Waals surface area contributed by atoms with Gasteiger partial charge in [-0.05, 0) is 11.6 Å². The molecule has 1 aromatic carbocycles. The van der Waals surface area contributed by atoms with Gasteiger partial charge in [-0.1, -0.05) is 18.2 Å². The lowest BCUT2D eigenvalue weighted by Crippen LogP contribution is -2.41. The van der Waals surface area contributed by atoms with E-state index in [-0.39, 0.29) is 41.5 Å².